The molecule has 0 amide bonds. The van der Waals surface area contributed by atoms with Crippen molar-refractivity contribution in [2.75, 3.05) is 18.4 Å². The van der Waals surface area contributed by atoms with Gasteiger partial charge in [0.05, 0.1) is 10.0 Å². The highest BCUT2D eigenvalue weighted by atomic mass is 127. The Morgan fingerprint density at radius 1 is 1.29 bits per heavy atom. The van der Waals surface area contributed by atoms with E-state index >= 15 is 0 Å². The van der Waals surface area contributed by atoms with Gasteiger partial charge in [-0.15, -0.1) is 23.2 Å². The van der Waals surface area contributed by atoms with Gasteiger partial charge in [-0.2, -0.15) is 0 Å². The monoisotopic (exact) mass is 350 g/mol. The Morgan fingerprint density at radius 3 is 2.43 bits per heavy atom. The van der Waals surface area contributed by atoms with E-state index in [4.69, 9.17) is 27.9 Å². The summed E-state index contributed by atoms with van der Waals surface area (Å²) in [7, 11) is 0. The minimum atomic E-state index is 0.120. The quantitative estimate of drug-likeness (QED) is 0.500. The van der Waals surface area contributed by atoms with Gasteiger partial charge in [0, 0.05) is 18.4 Å². The van der Waals surface area contributed by atoms with E-state index in [9.17, 15) is 0 Å². The second-order valence-electron chi connectivity index (χ2n) is 3.82. The maximum Gasteiger partial charge on any atom is 0.0839 e. The topological polar surface area (TPSA) is 9.23 Å². The summed E-state index contributed by atoms with van der Waals surface area (Å²) in [6.45, 7) is 0.846. The van der Waals surface area contributed by atoms with Gasteiger partial charge in [-0.25, -0.2) is 0 Å². The normalized spacial score (nSPS) is 21.6. The highest BCUT2D eigenvalue weighted by molar-refractivity contribution is 14.1. The molecule has 1 saturated carbocycles. The van der Waals surface area contributed by atoms with Gasteiger partial charge in [0.2, 0.25) is 0 Å². The lowest BCUT2D eigenvalue weighted by Gasteiger charge is -2.26. The average Bonchev–Trinajstić information content (AvgIpc) is 2.14. The van der Waals surface area contributed by atoms with Crippen LogP contribution in [0.3, 0.4) is 0 Å². The molecule has 84 valence electrons. The smallest absolute Gasteiger partial charge is 0.0839 e. The third kappa shape index (κ3) is 4.42. The predicted molar refractivity (Wildman–Crippen MR) is 70.9 cm³/mol. The molecule has 0 aromatic carbocycles. The van der Waals surface area contributed by atoms with Crippen LogP contribution in [0.1, 0.15) is 25.7 Å². The Labute approximate surface area is 110 Å². The average molecular weight is 351 g/mol. The minimum absolute atomic E-state index is 0.120. The summed E-state index contributed by atoms with van der Waals surface area (Å²) < 4.78 is 6.05. The zero-order valence-corrected chi connectivity index (χ0v) is 11.9. The van der Waals surface area contributed by atoms with E-state index in [2.05, 4.69) is 22.6 Å². The summed E-state index contributed by atoms with van der Waals surface area (Å²) in [5.74, 6) is 2.07. The molecule has 2 unspecified atom stereocenters. The molecule has 2 atom stereocenters. The number of hydrogen-bond acceptors (Lipinski definition) is 1. The van der Waals surface area contributed by atoms with Crippen molar-refractivity contribution in [3.8, 4) is 0 Å². The summed E-state index contributed by atoms with van der Waals surface area (Å²) >= 11 is 13.9. The van der Waals surface area contributed by atoms with Crippen LogP contribution in [0.25, 0.3) is 0 Å². The Bertz CT molecular complexity index is 153. The first-order chi connectivity index (χ1) is 6.77. The summed E-state index contributed by atoms with van der Waals surface area (Å²) in [5.41, 5.74) is 0. The van der Waals surface area contributed by atoms with E-state index in [1.807, 2.05) is 0 Å². The summed E-state index contributed by atoms with van der Waals surface area (Å²) in [6.07, 6.45) is 5.49. The van der Waals surface area contributed by atoms with Gasteiger partial charge in [0.15, 0.2) is 0 Å². The van der Waals surface area contributed by atoms with Gasteiger partial charge in [0.25, 0.3) is 0 Å². The summed E-state index contributed by atoms with van der Waals surface area (Å²) in [6, 6.07) is 0. The first-order valence-electron chi connectivity index (χ1n) is 5.15. The van der Waals surface area contributed by atoms with Crippen molar-refractivity contribution in [2.24, 2.45) is 5.92 Å². The second kappa shape index (κ2) is 7.53. The van der Waals surface area contributed by atoms with E-state index in [1.165, 1.54) is 25.7 Å². The van der Waals surface area contributed by atoms with Gasteiger partial charge < -0.3 is 4.74 Å². The fourth-order valence-electron chi connectivity index (χ4n) is 1.51. The highest BCUT2D eigenvalue weighted by Gasteiger charge is 2.20. The van der Waals surface area contributed by atoms with Gasteiger partial charge in [-0.05, 0) is 12.3 Å². The fourth-order valence-corrected chi connectivity index (χ4v) is 2.78. The molecule has 1 rings (SSSR count). The third-order valence-corrected chi connectivity index (χ3v) is 5.19. The standard InChI is InChI=1S/C10H17Cl2IO/c11-6-9(13)10(7-12)14-5-4-8-2-1-3-8/h8-10H,1-7H2. The first kappa shape index (κ1) is 13.3. The van der Waals surface area contributed by atoms with E-state index in [0.29, 0.717) is 15.7 Å². The van der Waals surface area contributed by atoms with Gasteiger partial charge >= 0.3 is 0 Å². The lowest BCUT2D eigenvalue weighted by Crippen LogP contribution is -2.28. The van der Waals surface area contributed by atoms with E-state index < -0.39 is 0 Å². The molecule has 14 heavy (non-hydrogen) atoms. The highest BCUT2D eigenvalue weighted by Crippen LogP contribution is 2.29. The number of ether oxygens (including phenoxy) is 1. The van der Waals surface area contributed by atoms with Crippen molar-refractivity contribution in [3.05, 3.63) is 0 Å². The molecule has 0 aliphatic heterocycles. The molecule has 4 heteroatoms. The lowest BCUT2D eigenvalue weighted by atomic mass is 9.83. The van der Waals surface area contributed by atoms with E-state index in [0.717, 1.165) is 12.5 Å². The molecule has 1 aliphatic carbocycles. The van der Waals surface area contributed by atoms with Crippen LogP contribution >= 0.6 is 45.8 Å². The molecule has 0 heterocycles. The predicted octanol–water partition coefficient (Wildman–Crippen LogP) is 3.84. The van der Waals surface area contributed by atoms with Crippen LogP contribution in [0, 0.1) is 5.92 Å². The molecular formula is C10H17Cl2IO. The maximum absolute atomic E-state index is 5.82. The van der Waals surface area contributed by atoms with Crippen molar-refractivity contribution in [1.82, 2.24) is 0 Å². The van der Waals surface area contributed by atoms with Crippen molar-refractivity contribution in [2.45, 2.75) is 35.7 Å². The van der Waals surface area contributed by atoms with Gasteiger partial charge in [0.1, 0.15) is 0 Å². The SMILES string of the molecule is ClCC(I)C(CCl)OCCC1CCC1. The molecule has 1 fully saturated rings. The molecule has 0 saturated heterocycles. The zero-order chi connectivity index (χ0) is 10.4. The molecule has 1 nitrogen and oxygen atoms in total. The molecule has 0 N–H and O–H groups in total. The number of hydrogen-bond donors (Lipinski definition) is 0. The van der Waals surface area contributed by atoms with Crippen LogP contribution in [0.4, 0.5) is 0 Å². The Hall–Kier alpha value is 1.27. The van der Waals surface area contributed by atoms with E-state index in [1.54, 1.807) is 0 Å². The number of alkyl halides is 3. The Balaban J connectivity index is 2.06. The molecule has 1 aliphatic rings. The summed E-state index contributed by atoms with van der Waals surface area (Å²) in [4.78, 5) is 0. The molecule has 0 aromatic rings. The molecule has 0 radical (unpaired) electrons. The van der Waals surface area contributed by atoms with Crippen LogP contribution < -0.4 is 0 Å². The van der Waals surface area contributed by atoms with Crippen LogP contribution in [0.5, 0.6) is 0 Å². The Morgan fingerprint density at radius 2 is 2.00 bits per heavy atom. The lowest BCUT2D eigenvalue weighted by molar-refractivity contribution is 0.0551. The van der Waals surface area contributed by atoms with Crippen LogP contribution in [-0.4, -0.2) is 28.4 Å². The molecular weight excluding hydrogens is 334 g/mol. The molecule has 0 bridgehead atoms. The zero-order valence-electron chi connectivity index (χ0n) is 8.22. The number of halogens is 3. The van der Waals surface area contributed by atoms with Crippen molar-refractivity contribution in [1.29, 1.82) is 0 Å². The fraction of sp³-hybridized carbons (Fsp3) is 1.00. The van der Waals surface area contributed by atoms with Crippen LogP contribution in [-0.2, 0) is 4.74 Å². The van der Waals surface area contributed by atoms with Gasteiger partial charge in [-0.3, -0.25) is 0 Å². The molecule has 0 aromatic heterocycles. The van der Waals surface area contributed by atoms with Crippen LogP contribution in [0.2, 0.25) is 0 Å². The van der Waals surface area contributed by atoms with E-state index in [-0.39, 0.29) is 6.10 Å². The van der Waals surface area contributed by atoms with Crippen molar-refractivity contribution in [3.63, 3.8) is 0 Å². The minimum Gasteiger partial charge on any atom is -0.376 e. The van der Waals surface area contributed by atoms with Crippen molar-refractivity contribution < 1.29 is 4.74 Å². The largest absolute Gasteiger partial charge is 0.376 e. The second-order valence-corrected chi connectivity index (χ2v) is 6.04. The molecule has 0 spiro atoms. The number of rotatable bonds is 7. The van der Waals surface area contributed by atoms with Crippen molar-refractivity contribution >= 4 is 45.8 Å². The third-order valence-electron chi connectivity index (χ3n) is 2.79. The maximum atomic E-state index is 5.82. The first-order valence-corrected chi connectivity index (χ1v) is 7.47. The Kier molecular flexibility index (Phi) is 7.17. The van der Waals surface area contributed by atoms with Gasteiger partial charge in [-0.1, -0.05) is 41.9 Å². The summed E-state index contributed by atoms with van der Waals surface area (Å²) in [5, 5.41) is 0. The van der Waals surface area contributed by atoms with Crippen LogP contribution in [0.15, 0.2) is 0 Å².